The van der Waals surface area contributed by atoms with Crippen LogP contribution in [0.25, 0.3) is 0 Å². The van der Waals surface area contributed by atoms with Gasteiger partial charge in [-0.15, -0.1) is 23.2 Å². The summed E-state index contributed by atoms with van der Waals surface area (Å²) in [6.07, 6.45) is 1.10. The molecule has 3 atom stereocenters. The van der Waals surface area contributed by atoms with Crippen LogP contribution in [0, 0.1) is 11.8 Å². The first kappa shape index (κ1) is 12.2. The highest BCUT2D eigenvalue weighted by Crippen LogP contribution is 2.58. The predicted octanol–water partition coefficient (Wildman–Crippen LogP) is 2.01. The van der Waals surface area contributed by atoms with E-state index in [1.807, 2.05) is 0 Å². The number of likely N-dealkylation sites (tertiary alicyclic amines) is 1. The summed E-state index contributed by atoms with van der Waals surface area (Å²) in [4.78, 5) is 25.0. The lowest BCUT2D eigenvalue weighted by molar-refractivity contribution is -0.136. The standard InChI is InChI=1S/C11H15Cl2NO2/c1-3-8(16)10-9-7(4-11(9,12)13)5-14(10)6(2)15/h7,9-10H,3-5H2,1-2H3/t7-,9-,10+/m0/s1. The molecule has 1 aliphatic heterocycles. The summed E-state index contributed by atoms with van der Waals surface area (Å²) in [5.74, 6) is 0.213. The van der Waals surface area contributed by atoms with Gasteiger partial charge in [0.15, 0.2) is 5.78 Å². The second-order valence-electron chi connectivity index (χ2n) is 4.69. The Kier molecular flexibility index (Phi) is 2.96. The molecule has 0 N–H and O–H groups in total. The van der Waals surface area contributed by atoms with Crippen molar-refractivity contribution in [1.29, 1.82) is 0 Å². The van der Waals surface area contributed by atoms with Gasteiger partial charge in [0.05, 0.1) is 6.04 Å². The average molecular weight is 264 g/mol. The zero-order valence-electron chi connectivity index (χ0n) is 9.37. The van der Waals surface area contributed by atoms with Gasteiger partial charge in [-0.3, -0.25) is 9.59 Å². The monoisotopic (exact) mass is 263 g/mol. The molecule has 2 rings (SSSR count). The molecule has 0 aromatic rings. The minimum absolute atomic E-state index is 0.0630. The van der Waals surface area contributed by atoms with Crippen molar-refractivity contribution in [2.45, 2.75) is 37.1 Å². The number of fused-ring (bicyclic) bond motifs is 1. The van der Waals surface area contributed by atoms with Gasteiger partial charge in [0.2, 0.25) is 5.91 Å². The third-order valence-corrected chi connectivity index (χ3v) is 4.53. The molecule has 2 aliphatic rings. The van der Waals surface area contributed by atoms with E-state index in [0.717, 1.165) is 0 Å². The molecule has 3 nitrogen and oxygen atoms in total. The van der Waals surface area contributed by atoms with E-state index < -0.39 is 10.4 Å². The summed E-state index contributed by atoms with van der Waals surface area (Å²) < 4.78 is -0.829. The maximum absolute atomic E-state index is 11.9. The number of alkyl halides is 2. The molecule has 0 spiro atoms. The second kappa shape index (κ2) is 3.88. The molecule has 0 radical (unpaired) electrons. The molecule has 0 bridgehead atoms. The van der Waals surface area contributed by atoms with E-state index in [2.05, 4.69) is 0 Å². The van der Waals surface area contributed by atoms with E-state index in [0.29, 0.717) is 25.3 Å². The predicted molar refractivity (Wildman–Crippen MR) is 62.5 cm³/mol. The summed E-state index contributed by atoms with van der Waals surface area (Å²) in [6, 6.07) is -0.406. The van der Waals surface area contributed by atoms with E-state index in [4.69, 9.17) is 23.2 Å². The number of amides is 1. The first-order valence-electron chi connectivity index (χ1n) is 5.56. The van der Waals surface area contributed by atoms with Crippen LogP contribution in [0.4, 0.5) is 0 Å². The fourth-order valence-corrected chi connectivity index (χ4v) is 3.92. The Balaban J connectivity index is 2.26. The molecule has 0 aromatic heterocycles. The van der Waals surface area contributed by atoms with Crippen LogP contribution >= 0.6 is 23.2 Å². The molecular formula is C11H15Cl2NO2. The van der Waals surface area contributed by atoms with Crippen molar-refractivity contribution < 1.29 is 9.59 Å². The molecule has 1 saturated heterocycles. The zero-order chi connectivity index (χ0) is 12.1. The Hall–Kier alpha value is -0.280. The number of Topliss-reactive ketones (excluding diaryl/α,β-unsaturated/α-hetero) is 1. The third kappa shape index (κ3) is 1.65. The van der Waals surface area contributed by atoms with Gasteiger partial charge >= 0.3 is 0 Å². The molecule has 5 heteroatoms. The molecule has 0 unspecified atom stereocenters. The Morgan fingerprint density at radius 2 is 2.06 bits per heavy atom. The zero-order valence-corrected chi connectivity index (χ0v) is 10.9. The van der Waals surface area contributed by atoms with E-state index in [1.54, 1.807) is 11.8 Å². The van der Waals surface area contributed by atoms with Crippen molar-refractivity contribution in [1.82, 2.24) is 4.90 Å². The minimum Gasteiger partial charge on any atom is -0.332 e. The van der Waals surface area contributed by atoms with E-state index in [-0.39, 0.29) is 17.6 Å². The van der Waals surface area contributed by atoms with Gasteiger partial charge in [-0.2, -0.15) is 0 Å². The van der Waals surface area contributed by atoms with Gasteiger partial charge in [0, 0.05) is 25.8 Å². The average Bonchev–Trinajstić information content (AvgIpc) is 2.51. The van der Waals surface area contributed by atoms with Gasteiger partial charge in [-0.1, -0.05) is 6.92 Å². The summed E-state index contributed by atoms with van der Waals surface area (Å²) >= 11 is 12.3. The van der Waals surface area contributed by atoms with Crippen LogP contribution in [0.1, 0.15) is 26.7 Å². The van der Waals surface area contributed by atoms with Crippen LogP contribution in [0.5, 0.6) is 0 Å². The smallest absolute Gasteiger partial charge is 0.220 e. The highest BCUT2D eigenvalue weighted by Gasteiger charge is 2.62. The van der Waals surface area contributed by atoms with Gasteiger partial charge in [-0.05, 0) is 12.3 Å². The minimum atomic E-state index is -0.829. The number of nitrogens with zero attached hydrogens (tertiary/aromatic N) is 1. The van der Waals surface area contributed by atoms with E-state index in [9.17, 15) is 9.59 Å². The van der Waals surface area contributed by atoms with Crippen LogP contribution in [0.2, 0.25) is 0 Å². The van der Waals surface area contributed by atoms with Crippen molar-refractivity contribution in [3.63, 3.8) is 0 Å². The number of carbonyl (C=O) groups excluding carboxylic acids is 2. The highest BCUT2D eigenvalue weighted by atomic mass is 35.5. The molecule has 2 fully saturated rings. The van der Waals surface area contributed by atoms with Gasteiger partial charge in [-0.25, -0.2) is 0 Å². The molecular weight excluding hydrogens is 249 g/mol. The Morgan fingerprint density at radius 3 is 2.50 bits per heavy atom. The lowest BCUT2D eigenvalue weighted by atomic mass is 9.71. The number of ketones is 1. The number of rotatable bonds is 2. The van der Waals surface area contributed by atoms with E-state index >= 15 is 0 Å². The molecule has 0 aromatic carbocycles. The Bertz CT molecular complexity index is 343. The molecule has 1 heterocycles. The lowest BCUT2D eigenvalue weighted by Gasteiger charge is -2.44. The molecule has 1 saturated carbocycles. The molecule has 1 amide bonds. The van der Waals surface area contributed by atoms with Gasteiger partial charge in [0.25, 0.3) is 0 Å². The van der Waals surface area contributed by atoms with E-state index in [1.165, 1.54) is 6.92 Å². The van der Waals surface area contributed by atoms with Crippen LogP contribution in [0.3, 0.4) is 0 Å². The SMILES string of the molecule is CCC(=O)[C@@H]1[C@@H]2[C@H](CN1C(C)=O)CC2(Cl)Cl. The third-order valence-electron chi connectivity index (χ3n) is 3.72. The second-order valence-corrected chi connectivity index (χ2v) is 6.23. The largest absolute Gasteiger partial charge is 0.332 e. The Labute approximate surface area is 105 Å². The fourth-order valence-electron chi connectivity index (χ4n) is 2.93. The van der Waals surface area contributed by atoms with Crippen LogP contribution in [0.15, 0.2) is 0 Å². The normalized spacial score (nSPS) is 35.5. The lowest BCUT2D eigenvalue weighted by Crippen LogP contribution is -2.52. The maximum Gasteiger partial charge on any atom is 0.220 e. The van der Waals surface area contributed by atoms with Crippen LogP contribution in [-0.4, -0.2) is 33.5 Å². The Morgan fingerprint density at radius 1 is 1.44 bits per heavy atom. The number of carbonyl (C=O) groups is 2. The van der Waals surface area contributed by atoms with Crippen molar-refractivity contribution in [2.75, 3.05) is 6.54 Å². The number of halogens is 2. The van der Waals surface area contributed by atoms with Crippen molar-refractivity contribution >= 4 is 34.9 Å². The van der Waals surface area contributed by atoms with Crippen molar-refractivity contribution in [2.24, 2.45) is 11.8 Å². The highest BCUT2D eigenvalue weighted by molar-refractivity contribution is 6.49. The topological polar surface area (TPSA) is 37.4 Å². The molecule has 16 heavy (non-hydrogen) atoms. The fraction of sp³-hybridized carbons (Fsp3) is 0.818. The molecule has 1 aliphatic carbocycles. The first-order valence-corrected chi connectivity index (χ1v) is 6.31. The quantitative estimate of drug-likeness (QED) is 0.715. The maximum atomic E-state index is 11.9. The van der Waals surface area contributed by atoms with Crippen LogP contribution < -0.4 is 0 Å². The van der Waals surface area contributed by atoms with Crippen LogP contribution in [-0.2, 0) is 9.59 Å². The summed E-state index contributed by atoms with van der Waals surface area (Å²) in [7, 11) is 0. The molecule has 90 valence electrons. The summed E-state index contributed by atoms with van der Waals surface area (Å²) in [5, 5.41) is 0. The first-order chi connectivity index (χ1) is 7.38. The van der Waals surface area contributed by atoms with Crippen molar-refractivity contribution in [3.05, 3.63) is 0 Å². The summed E-state index contributed by atoms with van der Waals surface area (Å²) in [5.41, 5.74) is 0. The van der Waals surface area contributed by atoms with Gasteiger partial charge < -0.3 is 4.90 Å². The summed E-state index contributed by atoms with van der Waals surface area (Å²) in [6.45, 7) is 3.92. The number of hydrogen-bond acceptors (Lipinski definition) is 2. The number of hydrogen-bond donors (Lipinski definition) is 0. The van der Waals surface area contributed by atoms with Gasteiger partial charge in [0.1, 0.15) is 4.33 Å². The van der Waals surface area contributed by atoms with Crippen molar-refractivity contribution in [3.8, 4) is 0 Å².